The molecule has 2 saturated heterocycles. The first-order valence-corrected chi connectivity index (χ1v) is 9.55. The number of methoxy groups -OCH3 is 1. The standard InChI is InChI=1S/C19H31N3O3/c1-15-14-20-18(22(15)9-12-24-2)13-16-3-7-21(8-4-16)19(23)17-5-10-25-11-6-17/h14,16-17H,3-13H2,1-2H3. The van der Waals surface area contributed by atoms with Gasteiger partial charge in [-0.3, -0.25) is 4.79 Å². The van der Waals surface area contributed by atoms with E-state index in [9.17, 15) is 4.79 Å². The van der Waals surface area contributed by atoms with Gasteiger partial charge >= 0.3 is 0 Å². The van der Waals surface area contributed by atoms with Gasteiger partial charge in [-0.15, -0.1) is 0 Å². The zero-order valence-electron chi connectivity index (χ0n) is 15.6. The molecular formula is C19H31N3O3. The van der Waals surface area contributed by atoms with Gasteiger partial charge in [0.1, 0.15) is 5.82 Å². The van der Waals surface area contributed by atoms with Crippen molar-refractivity contribution in [2.45, 2.75) is 45.6 Å². The third-order valence-electron chi connectivity index (χ3n) is 5.62. The van der Waals surface area contributed by atoms with Crippen molar-refractivity contribution >= 4 is 5.91 Å². The number of likely N-dealkylation sites (tertiary alicyclic amines) is 1. The Hall–Kier alpha value is -1.40. The predicted octanol–water partition coefficient (Wildman–Crippen LogP) is 2.05. The van der Waals surface area contributed by atoms with Gasteiger partial charge in [0.05, 0.1) is 6.61 Å². The molecule has 1 aromatic rings. The summed E-state index contributed by atoms with van der Waals surface area (Å²) in [7, 11) is 1.73. The number of rotatable bonds is 6. The highest BCUT2D eigenvalue weighted by atomic mass is 16.5. The Balaban J connectivity index is 1.50. The Morgan fingerprint density at radius 1 is 1.28 bits per heavy atom. The lowest BCUT2D eigenvalue weighted by molar-refractivity contribution is -0.139. The summed E-state index contributed by atoms with van der Waals surface area (Å²) in [6.07, 6.45) is 6.87. The van der Waals surface area contributed by atoms with Crippen molar-refractivity contribution in [1.82, 2.24) is 14.5 Å². The summed E-state index contributed by atoms with van der Waals surface area (Å²) in [5, 5.41) is 0. The highest BCUT2D eigenvalue weighted by Crippen LogP contribution is 2.25. The molecule has 3 heterocycles. The van der Waals surface area contributed by atoms with E-state index in [0.29, 0.717) is 18.4 Å². The van der Waals surface area contributed by atoms with E-state index in [1.807, 2.05) is 6.20 Å². The first kappa shape index (κ1) is 18.4. The van der Waals surface area contributed by atoms with Crippen molar-refractivity contribution in [3.63, 3.8) is 0 Å². The van der Waals surface area contributed by atoms with E-state index in [-0.39, 0.29) is 5.92 Å². The van der Waals surface area contributed by atoms with E-state index in [4.69, 9.17) is 9.47 Å². The second-order valence-corrected chi connectivity index (χ2v) is 7.32. The SMILES string of the molecule is COCCn1c(C)cnc1CC1CCN(C(=O)C2CCOCC2)CC1. The maximum atomic E-state index is 12.6. The summed E-state index contributed by atoms with van der Waals surface area (Å²) in [6, 6.07) is 0. The van der Waals surface area contributed by atoms with Crippen LogP contribution in [0.4, 0.5) is 0 Å². The van der Waals surface area contributed by atoms with Gasteiger partial charge in [-0.25, -0.2) is 4.98 Å². The van der Waals surface area contributed by atoms with Gasteiger partial charge < -0.3 is 18.9 Å². The molecule has 140 valence electrons. The van der Waals surface area contributed by atoms with Crippen LogP contribution in [-0.2, 0) is 27.2 Å². The van der Waals surface area contributed by atoms with Crippen molar-refractivity contribution in [3.05, 3.63) is 17.7 Å². The van der Waals surface area contributed by atoms with Crippen molar-refractivity contribution in [2.75, 3.05) is 40.0 Å². The van der Waals surface area contributed by atoms with E-state index < -0.39 is 0 Å². The summed E-state index contributed by atoms with van der Waals surface area (Å²) in [4.78, 5) is 19.3. The van der Waals surface area contributed by atoms with Gasteiger partial charge in [-0.1, -0.05) is 0 Å². The van der Waals surface area contributed by atoms with Crippen LogP contribution in [0, 0.1) is 18.8 Å². The molecule has 1 amide bonds. The average molecular weight is 349 g/mol. The van der Waals surface area contributed by atoms with Gasteiger partial charge in [0.2, 0.25) is 5.91 Å². The van der Waals surface area contributed by atoms with E-state index in [1.54, 1.807) is 7.11 Å². The van der Waals surface area contributed by atoms with Crippen molar-refractivity contribution in [1.29, 1.82) is 0 Å². The zero-order valence-corrected chi connectivity index (χ0v) is 15.6. The molecule has 0 radical (unpaired) electrons. The zero-order chi connectivity index (χ0) is 17.6. The quantitative estimate of drug-likeness (QED) is 0.789. The number of aryl methyl sites for hydroxylation is 1. The Labute approximate surface area is 150 Å². The molecule has 1 aromatic heterocycles. The van der Waals surface area contributed by atoms with Crippen molar-refractivity contribution < 1.29 is 14.3 Å². The molecule has 2 fully saturated rings. The molecule has 25 heavy (non-hydrogen) atoms. The molecule has 0 bridgehead atoms. The summed E-state index contributed by atoms with van der Waals surface area (Å²) in [5.41, 5.74) is 1.19. The minimum Gasteiger partial charge on any atom is -0.383 e. The minimum absolute atomic E-state index is 0.181. The highest BCUT2D eigenvalue weighted by Gasteiger charge is 2.29. The Bertz CT molecular complexity index is 558. The first-order chi connectivity index (χ1) is 12.2. The van der Waals surface area contributed by atoms with Gasteiger partial charge in [-0.05, 0) is 38.5 Å². The van der Waals surface area contributed by atoms with Crippen molar-refractivity contribution in [2.24, 2.45) is 11.8 Å². The smallest absolute Gasteiger partial charge is 0.225 e. The maximum absolute atomic E-state index is 12.6. The van der Waals surface area contributed by atoms with E-state index in [0.717, 1.165) is 70.8 Å². The van der Waals surface area contributed by atoms with Crippen molar-refractivity contribution in [3.8, 4) is 0 Å². The lowest BCUT2D eigenvalue weighted by atomic mass is 9.91. The minimum atomic E-state index is 0.181. The molecule has 3 rings (SSSR count). The van der Waals surface area contributed by atoms with Crippen LogP contribution >= 0.6 is 0 Å². The number of imidazole rings is 1. The molecule has 6 nitrogen and oxygen atoms in total. The third kappa shape index (κ3) is 4.61. The van der Waals surface area contributed by atoms with Crippen LogP contribution in [0.3, 0.4) is 0 Å². The predicted molar refractivity (Wildman–Crippen MR) is 95.4 cm³/mol. The number of aromatic nitrogens is 2. The van der Waals surface area contributed by atoms with Gasteiger partial charge in [0, 0.05) is 64.2 Å². The Morgan fingerprint density at radius 2 is 2.00 bits per heavy atom. The largest absolute Gasteiger partial charge is 0.383 e. The molecule has 6 heteroatoms. The molecular weight excluding hydrogens is 318 g/mol. The van der Waals surface area contributed by atoms with Crippen LogP contribution in [0.15, 0.2) is 6.20 Å². The number of carbonyl (C=O) groups excluding carboxylic acids is 1. The Morgan fingerprint density at radius 3 is 2.68 bits per heavy atom. The molecule has 0 aromatic carbocycles. The van der Waals surface area contributed by atoms with Crippen LogP contribution in [-0.4, -0.2) is 60.4 Å². The topological polar surface area (TPSA) is 56.6 Å². The second-order valence-electron chi connectivity index (χ2n) is 7.32. The van der Waals surface area contributed by atoms with Crippen LogP contribution in [0.25, 0.3) is 0 Å². The van der Waals surface area contributed by atoms with Gasteiger partial charge in [-0.2, -0.15) is 0 Å². The van der Waals surface area contributed by atoms with Crippen LogP contribution < -0.4 is 0 Å². The molecule has 0 saturated carbocycles. The highest BCUT2D eigenvalue weighted by molar-refractivity contribution is 5.79. The summed E-state index contributed by atoms with van der Waals surface area (Å²) >= 11 is 0. The number of ether oxygens (including phenoxy) is 2. The second kappa shape index (κ2) is 8.81. The molecule has 0 spiro atoms. The Kier molecular flexibility index (Phi) is 6.48. The van der Waals surface area contributed by atoms with Crippen LogP contribution in [0.2, 0.25) is 0 Å². The molecule has 0 aliphatic carbocycles. The van der Waals surface area contributed by atoms with Crippen LogP contribution in [0.1, 0.15) is 37.2 Å². The van der Waals surface area contributed by atoms with E-state index >= 15 is 0 Å². The molecule has 2 aliphatic rings. The lowest BCUT2D eigenvalue weighted by Gasteiger charge is -2.35. The number of hydrogen-bond acceptors (Lipinski definition) is 4. The lowest BCUT2D eigenvalue weighted by Crippen LogP contribution is -2.43. The summed E-state index contributed by atoms with van der Waals surface area (Å²) in [5.74, 6) is 2.30. The molecule has 0 unspecified atom stereocenters. The first-order valence-electron chi connectivity index (χ1n) is 9.55. The van der Waals surface area contributed by atoms with E-state index in [1.165, 1.54) is 5.69 Å². The number of piperidine rings is 1. The molecule has 0 atom stereocenters. The fourth-order valence-electron chi connectivity index (χ4n) is 3.98. The molecule has 2 aliphatic heterocycles. The maximum Gasteiger partial charge on any atom is 0.225 e. The summed E-state index contributed by atoms with van der Waals surface area (Å²) in [6.45, 7) is 6.91. The number of carbonyl (C=O) groups is 1. The summed E-state index contributed by atoms with van der Waals surface area (Å²) < 4.78 is 12.9. The van der Waals surface area contributed by atoms with Gasteiger partial charge in [0.25, 0.3) is 0 Å². The molecule has 0 N–H and O–H groups in total. The number of nitrogens with zero attached hydrogens (tertiary/aromatic N) is 3. The number of amides is 1. The number of hydrogen-bond donors (Lipinski definition) is 0. The normalized spacial score (nSPS) is 20.2. The average Bonchev–Trinajstić information content (AvgIpc) is 3.00. The fraction of sp³-hybridized carbons (Fsp3) is 0.789. The third-order valence-corrected chi connectivity index (χ3v) is 5.62. The monoisotopic (exact) mass is 349 g/mol. The van der Waals surface area contributed by atoms with Crippen LogP contribution in [0.5, 0.6) is 0 Å². The van der Waals surface area contributed by atoms with E-state index in [2.05, 4.69) is 21.4 Å². The van der Waals surface area contributed by atoms with Gasteiger partial charge in [0.15, 0.2) is 0 Å². The fourth-order valence-corrected chi connectivity index (χ4v) is 3.98.